The highest BCUT2D eigenvalue weighted by atomic mass is 16.6. The second-order valence-electron chi connectivity index (χ2n) is 5.46. The van der Waals surface area contributed by atoms with E-state index in [1.165, 1.54) is 0 Å². The van der Waals surface area contributed by atoms with Crippen molar-refractivity contribution in [2.75, 3.05) is 0 Å². The molecule has 0 radical (unpaired) electrons. The van der Waals surface area contributed by atoms with Crippen molar-refractivity contribution in [1.82, 2.24) is 19.5 Å². The van der Waals surface area contributed by atoms with Crippen LogP contribution in [0.1, 0.15) is 38.6 Å². The van der Waals surface area contributed by atoms with Crippen LogP contribution in [-0.4, -0.2) is 30.5 Å². The minimum Gasteiger partial charge on any atom is -0.390 e. The topological polar surface area (TPSA) is 96.0 Å². The summed E-state index contributed by atoms with van der Waals surface area (Å²) in [5, 5.41) is 10.9. The maximum atomic E-state index is 10.9. The number of aryl methyl sites for hydroxylation is 1. The molecule has 112 valence electrons. The Balaban J connectivity index is 2.09. The highest BCUT2D eigenvalue weighted by Gasteiger charge is 2.34. The number of aromatic nitrogens is 4. The van der Waals surface area contributed by atoms with Crippen LogP contribution in [0.25, 0.3) is 11.2 Å². The Labute approximate surface area is 121 Å². The Morgan fingerprint density at radius 2 is 2.29 bits per heavy atom. The van der Waals surface area contributed by atoms with Gasteiger partial charge in [-0.15, -0.1) is 0 Å². The van der Waals surface area contributed by atoms with E-state index in [1.54, 1.807) is 17.8 Å². The molecular weight excluding hydrogens is 274 g/mol. The largest absolute Gasteiger partial charge is 0.471 e. The predicted octanol–water partition coefficient (Wildman–Crippen LogP) is 2.38. The number of rotatable bonds is 3. The third kappa shape index (κ3) is 2.25. The van der Waals surface area contributed by atoms with E-state index in [1.807, 2.05) is 0 Å². The zero-order chi connectivity index (χ0) is 15.1. The van der Waals surface area contributed by atoms with E-state index < -0.39 is 10.9 Å². The Kier molecular flexibility index (Phi) is 3.32. The Morgan fingerprint density at radius 1 is 1.52 bits per heavy atom. The molecule has 3 rings (SSSR count). The maximum Gasteiger partial charge on any atom is 0.471 e. The van der Waals surface area contributed by atoms with Crippen molar-refractivity contribution in [3.05, 3.63) is 22.1 Å². The molecular formula is C13H17N5O3. The summed E-state index contributed by atoms with van der Waals surface area (Å²) < 4.78 is 7.80. The lowest BCUT2D eigenvalue weighted by Crippen LogP contribution is -2.14. The summed E-state index contributed by atoms with van der Waals surface area (Å²) in [6, 6.07) is 0. The van der Waals surface area contributed by atoms with Crippen LogP contribution in [0, 0.1) is 23.0 Å². The Morgan fingerprint density at radius 3 is 2.90 bits per heavy atom. The first-order valence-corrected chi connectivity index (χ1v) is 7.02. The molecule has 21 heavy (non-hydrogen) atoms. The lowest BCUT2D eigenvalue weighted by molar-refractivity contribution is -0.394. The van der Waals surface area contributed by atoms with Crippen molar-refractivity contribution < 1.29 is 9.66 Å². The summed E-state index contributed by atoms with van der Waals surface area (Å²) in [6.07, 6.45) is 3.57. The van der Waals surface area contributed by atoms with Crippen LogP contribution in [0.4, 0.5) is 5.95 Å². The summed E-state index contributed by atoms with van der Waals surface area (Å²) in [6.45, 7) is 5.89. The van der Waals surface area contributed by atoms with E-state index in [0.717, 1.165) is 12.8 Å². The number of nitro groups is 1. The third-order valence-corrected chi connectivity index (χ3v) is 3.93. The van der Waals surface area contributed by atoms with Crippen molar-refractivity contribution in [2.45, 2.75) is 45.9 Å². The Bertz CT molecular complexity index is 698. The van der Waals surface area contributed by atoms with E-state index in [0.29, 0.717) is 22.8 Å². The number of fused-ring (bicyclic) bond motifs is 1. The molecule has 0 aliphatic carbocycles. The molecule has 1 fully saturated rings. The van der Waals surface area contributed by atoms with Crippen molar-refractivity contribution in [2.24, 2.45) is 5.92 Å². The SMILES string of the molecule is CC[C@@H]1C[C@@H](C)[C@H](n2cnc3c(C)nc([N+](=O)[O-])nc32)O1. The number of imidazole rings is 1. The van der Waals surface area contributed by atoms with E-state index in [4.69, 9.17) is 4.74 Å². The zero-order valence-electron chi connectivity index (χ0n) is 12.2. The molecule has 0 amide bonds. The van der Waals surface area contributed by atoms with Crippen molar-refractivity contribution in [3.8, 4) is 0 Å². The fraction of sp³-hybridized carbons (Fsp3) is 0.615. The van der Waals surface area contributed by atoms with Crippen LogP contribution in [0.5, 0.6) is 0 Å². The number of hydrogen-bond acceptors (Lipinski definition) is 6. The van der Waals surface area contributed by atoms with Gasteiger partial charge >= 0.3 is 5.95 Å². The first-order valence-electron chi connectivity index (χ1n) is 7.02. The lowest BCUT2D eigenvalue weighted by Gasteiger charge is -2.16. The van der Waals surface area contributed by atoms with Gasteiger partial charge in [0, 0.05) is 5.92 Å². The molecule has 1 aliphatic heterocycles. The molecule has 8 heteroatoms. The molecule has 0 aromatic carbocycles. The summed E-state index contributed by atoms with van der Waals surface area (Å²) in [5.41, 5.74) is 1.54. The van der Waals surface area contributed by atoms with Gasteiger partial charge in [0.25, 0.3) is 0 Å². The predicted molar refractivity (Wildman–Crippen MR) is 74.7 cm³/mol. The van der Waals surface area contributed by atoms with Gasteiger partial charge in [0.05, 0.1) is 6.10 Å². The van der Waals surface area contributed by atoms with Crippen LogP contribution in [0.15, 0.2) is 6.33 Å². The van der Waals surface area contributed by atoms with Crippen molar-refractivity contribution >= 4 is 17.1 Å². The lowest BCUT2D eigenvalue weighted by atomic mass is 10.0. The fourth-order valence-corrected chi connectivity index (χ4v) is 2.83. The highest BCUT2D eigenvalue weighted by molar-refractivity contribution is 5.74. The molecule has 0 saturated carbocycles. The number of hydrogen-bond donors (Lipinski definition) is 0. The van der Waals surface area contributed by atoms with E-state index >= 15 is 0 Å². The highest BCUT2D eigenvalue weighted by Crippen LogP contribution is 2.36. The second-order valence-corrected chi connectivity index (χ2v) is 5.46. The Hall–Kier alpha value is -2.09. The van der Waals surface area contributed by atoms with Gasteiger partial charge in [-0.1, -0.05) is 18.8 Å². The minimum atomic E-state index is -0.586. The molecule has 2 aromatic rings. The molecule has 2 aromatic heterocycles. The van der Waals surface area contributed by atoms with Gasteiger partial charge in [0.15, 0.2) is 5.52 Å². The van der Waals surface area contributed by atoms with Gasteiger partial charge in [-0.3, -0.25) is 4.57 Å². The van der Waals surface area contributed by atoms with Crippen LogP contribution in [0.3, 0.4) is 0 Å². The minimum absolute atomic E-state index is 0.186. The summed E-state index contributed by atoms with van der Waals surface area (Å²) >= 11 is 0. The average molecular weight is 291 g/mol. The quantitative estimate of drug-likeness (QED) is 0.636. The first-order chi connectivity index (χ1) is 10.0. The molecule has 8 nitrogen and oxygen atoms in total. The average Bonchev–Trinajstić information content (AvgIpc) is 3.01. The third-order valence-electron chi connectivity index (χ3n) is 3.93. The second kappa shape index (κ2) is 5.03. The van der Waals surface area contributed by atoms with E-state index in [9.17, 15) is 10.1 Å². The van der Waals surface area contributed by atoms with Gasteiger partial charge in [-0.2, -0.15) is 0 Å². The van der Waals surface area contributed by atoms with Crippen LogP contribution in [-0.2, 0) is 4.74 Å². The van der Waals surface area contributed by atoms with Crippen molar-refractivity contribution in [3.63, 3.8) is 0 Å². The van der Waals surface area contributed by atoms with Gasteiger partial charge in [-0.05, 0) is 29.7 Å². The van der Waals surface area contributed by atoms with Gasteiger partial charge < -0.3 is 14.9 Å². The molecule has 0 N–H and O–H groups in total. The molecule has 0 bridgehead atoms. The molecule has 3 atom stereocenters. The molecule has 0 unspecified atom stereocenters. The molecule has 1 saturated heterocycles. The first kappa shape index (κ1) is 13.9. The summed E-state index contributed by atoms with van der Waals surface area (Å²) in [4.78, 5) is 22.5. The van der Waals surface area contributed by atoms with Crippen LogP contribution < -0.4 is 0 Å². The normalized spacial score (nSPS) is 25.6. The molecule has 3 heterocycles. The number of ether oxygens (including phenoxy) is 1. The summed E-state index contributed by atoms with van der Waals surface area (Å²) in [5.74, 6) is -0.0962. The van der Waals surface area contributed by atoms with Gasteiger partial charge in [0.1, 0.15) is 18.2 Å². The van der Waals surface area contributed by atoms with Gasteiger partial charge in [-0.25, -0.2) is 4.98 Å². The van der Waals surface area contributed by atoms with Crippen LogP contribution >= 0.6 is 0 Å². The fourth-order valence-electron chi connectivity index (χ4n) is 2.83. The van der Waals surface area contributed by atoms with Gasteiger partial charge in [0.2, 0.25) is 5.65 Å². The standard InChI is InChI=1S/C13H17N5O3/c1-4-9-5-7(2)12(21-9)17-6-14-10-8(3)15-13(18(19)20)16-11(10)17/h6-7,9,12H,4-5H2,1-3H3/t7-,9-,12-/m1/s1. The summed E-state index contributed by atoms with van der Waals surface area (Å²) in [7, 11) is 0. The molecule has 1 aliphatic rings. The maximum absolute atomic E-state index is 10.9. The van der Waals surface area contributed by atoms with E-state index in [2.05, 4.69) is 28.8 Å². The van der Waals surface area contributed by atoms with Crippen LogP contribution in [0.2, 0.25) is 0 Å². The number of nitrogens with zero attached hydrogens (tertiary/aromatic N) is 5. The zero-order valence-corrected chi connectivity index (χ0v) is 12.2. The molecule has 0 spiro atoms. The van der Waals surface area contributed by atoms with E-state index in [-0.39, 0.29) is 12.3 Å². The monoisotopic (exact) mass is 291 g/mol. The van der Waals surface area contributed by atoms with Crippen molar-refractivity contribution in [1.29, 1.82) is 0 Å². The smallest absolute Gasteiger partial charge is 0.390 e.